The summed E-state index contributed by atoms with van der Waals surface area (Å²) in [6.45, 7) is 3.21. The Hall–Kier alpha value is -1.89. The number of amides is 1. The van der Waals surface area contributed by atoms with Crippen LogP contribution in [0.4, 0.5) is 0 Å². The third-order valence-electron chi connectivity index (χ3n) is 3.26. The van der Waals surface area contributed by atoms with Gasteiger partial charge in [0.2, 0.25) is 0 Å². The molecule has 7 heteroatoms. The normalized spacial score (nSPS) is 10.7. The molecule has 1 aromatic carbocycles. The van der Waals surface area contributed by atoms with Gasteiger partial charge in [-0.15, -0.1) is 0 Å². The van der Waals surface area contributed by atoms with E-state index in [2.05, 4.69) is 15.7 Å². The highest BCUT2D eigenvalue weighted by Crippen LogP contribution is 2.16. The van der Waals surface area contributed by atoms with Crippen molar-refractivity contribution in [1.82, 2.24) is 20.4 Å². The van der Waals surface area contributed by atoms with E-state index in [-0.39, 0.29) is 5.91 Å². The summed E-state index contributed by atoms with van der Waals surface area (Å²) in [4.78, 5) is 12.0. The fraction of sp³-hybridized carbons (Fsp3) is 0.375. The molecule has 23 heavy (non-hydrogen) atoms. The van der Waals surface area contributed by atoms with Gasteiger partial charge >= 0.3 is 0 Å². The maximum Gasteiger partial charge on any atom is 0.254 e. The number of hydrogen-bond donors (Lipinski definition) is 2. The number of benzene rings is 1. The van der Waals surface area contributed by atoms with Gasteiger partial charge in [0, 0.05) is 38.0 Å². The lowest BCUT2D eigenvalue weighted by molar-refractivity contribution is 0.0953. The Kier molecular flexibility index (Phi) is 7.06. The molecule has 0 unspecified atom stereocenters. The zero-order valence-corrected chi connectivity index (χ0v) is 13.8. The van der Waals surface area contributed by atoms with E-state index in [0.717, 1.165) is 12.1 Å². The van der Waals surface area contributed by atoms with Gasteiger partial charge in [0.05, 0.1) is 24.9 Å². The molecule has 2 N–H and O–H groups in total. The third-order valence-corrected chi connectivity index (χ3v) is 3.62. The molecular weight excluding hydrogens is 316 g/mol. The van der Waals surface area contributed by atoms with Crippen molar-refractivity contribution in [3.05, 3.63) is 52.8 Å². The number of carbonyl (C=O) groups excluding carboxylic acids is 1. The molecule has 1 heterocycles. The molecule has 1 amide bonds. The predicted octanol–water partition coefficient (Wildman–Crippen LogP) is 1.55. The highest BCUT2D eigenvalue weighted by Gasteiger charge is 2.09. The lowest BCUT2D eigenvalue weighted by atomic mass is 10.2. The monoisotopic (exact) mass is 336 g/mol. The van der Waals surface area contributed by atoms with E-state index in [0.29, 0.717) is 36.8 Å². The number of nitrogens with one attached hydrogen (secondary N) is 2. The van der Waals surface area contributed by atoms with Crippen LogP contribution in [0.15, 0.2) is 36.7 Å². The fourth-order valence-corrected chi connectivity index (χ4v) is 2.23. The Morgan fingerprint density at radius 1 is 1.30 bits per heavy atom. The van der Waals surface area contributed by atoms with Gasteiger partial charge in [0.1, 0.15) is 0 Å². The molecule has 0 aliphatic heterocycles. The summed E-state index contributed by atoms with van der Waals surface area (Å²) >= 11 is 6.13. The van der Waals surface area contributed by atoms with E-state index >= 15 is 0 Å². The largest absolute Gasteiger partial charge is 0.383 e. The van der Waals surface area contributed by atoms with Gasteiger partial charge in [-0.25, -0.2) is 0 Å². The Labute approximate surface area is 140 Å². The molecular formula is C16H21ClN4O2. The molecule has 2 rings (SSSR count). The summed E-state index contributed by atoms with van der Waals surface area (Å²) in [5.74, 6) is -0.135. The minimum Gasteiger partial charge on any atom is -0.383 e. The number of methoxy groups -OCH3 is 1. The quantitative estimate of drug-likeness (QED) is 0.682. The van der Waals surface area contributed by atoms with E-state index in [1.165, 1.54) is 0 Å². The van der Waals surface area contributed by atoms with Crippen LogP contribution in [0.1, 0.15) is 15.9 Å². The molecule has 0 saturated carbocycles. The number of carbonyl (C=O) groups is 1. The average molecular weight is 337 g/mol. The number of aromatic nitrogens is 2. The van der Waals surface area contributed by atoms with Crippen LogP contribution in [0.3, 0.4) is 0 Å². The van der Waals surface area contributed by atoms with Crippen LogP contribution >= 0.6 is 11.6 Å². The second kappa shape index (κ2) is 9.29. The van der Waals surface area contributed by atoms with Crippen molar-refractivity contribution in [2.24, 2.45) is 0 Å². The molecule has 6 nitrogen and oxygen atoms in total. The Bertz CT molecular complexity index is 630. The maximum atomic E-state index is 12.0. The number of halogens is 1. The number of hydrogen-bond acceptors (Lipinski definition) is 4. The minimum absolute atomic E-state index is 0.135. The van der Waals surface area contributed by atoms with Crippen molar-refractivity contribution in [2.45, 2.75) is 6.54 Å². The third kappa shape index (κ3) is 5.67. The van der Waals surface area contributed by atoms with Crippen LogP contribution in [0.2, 0.25) is 5.02 Å². The summed E-state index contributed by atoms with van der Waals surface area (Å²) < 4.78 is 6.63. The average Bonchev–Trinajstić information content (AvgIpc) is 3.01. The molecule has 0 bridgehead atoms. The predicted molar refractivity (Wildman–Crippen MR) is 89.9 cm³/mol. The van der Waals surface area contributed by atoms with Crippen LogP contribution in [0.25, 0.3) is 0 Å². The van der Waals surface area contributed by atoms with Crippen molar-refractivity contribution >= 4 is 17.5 Å². The minimum atomic E-state index is -0.135. The fourth-order valence-electron chi connectivity index (χ4n) is 2.03. The van der Waals surface area contributed by atoms with E-state index in [1.54, 1.807) is 24.2 Å². The van der Waals surface area contributed by atoms with Crippen LogP contribution in [-0.2, 0) is 11.3 Å². The van der Waals surface area contributed by atoms with Gasteiger partial charge in [-0.2, -0.15) is 5.10 Å². The molecule has 0 fully saturated rings. The Morgan fingerprint density at radius 2 is 2.13 bits per heavy atom. The highest BCUT2D eigenvalue weighted by atomic mass is 35.5. The summed E-state index contributed by atoms with van der Waals surface area (Å²) in [5, 5.41) is 10.9. The zero-order chi connectivity index (χ0) is 16.5. The molecule has 124 valence electrons. The van der Waals surface area contributed by atoms with Crippen LogP contribution in [0.5, 0.6) is 0 Å². The summed E-state index contributed by atoms with van der Waals surface area (Å²) in [6, 6.07) is 7.59. The lowest BCUT2D eigenvalue weighted by Gasteiger charge is -2.05. The summed E-state index contributed by atoms with van der Waals surface area (Å²) in [7, 11) is 1.66. The highest BCUT2D eigenvalue weighted by molar-refractivity contribution is 6.31. The van der Waals surface area contributed by atoms with Crippen molar-refractivity contribution in [3.63, 3.8) is 0 Å². The number of nitrogens with zero attached hydrogens (tertiary/aromatic N) is 2. The SMILES string of the molecule is COCCNCCNC(=O)c1cnn(Cc2ccccc2Cl)c1. The van der Waals surface area contributed by atoms with Crippen LogP contribution in [0, 0.1) is 0 Å². The first-order valence-electron chi connectivity index (χ1n) is 7.44. The van der Waals surface area contributed by atoms with E-state index in [1.807, 2.05) is 24.3 Å². The van der Waals surface area contributed by atoms with Crippen molar-refractivity contribution in [3.8, 4) is 0 Å². The van der Waals surface area contributed by atoms with E-state index < -0.39 is 0 Å². The molecule has 0 saturated heterocycles. The van der Waals surface area contributed by atoms with Crippen molar-refractivity contribution in [1.29, 1.82) is 0 Å². The van der Waals surface area contributed by atoms with Gasteiger partial charge in [-0.3, -0.25) is 9.48 Å². The second-order valence-electron chi connectivity index (χ2n) is 5.02. The van der Waals surface area contributed by atoms with Crippen LogP contribution < -0.4 is 10.6 Å². The van der Waals surface area contributed by atoms with Gasteiger partial charge in [-0.05, 0) is 11.6 Å². The lowest BCUT2D eigenvalue weighted by Crippen LogP contribution is -2.32. The van der Waals surface area contributed by atoms with E-state index in [9.17, 15) is 4.79 Å². The Morgan fingerprint density at radius 3 is 2.91 bits per heavy atom. The molecule has 0 aliphatic rings. The molecule has 0 spiro atoms. The summed E-state index contributed by atoms with van der Waals surface area (Å²) in [6.07, 6.45) is 3.28. The van der Waals surface area contributed by atoms with Crippen molar-refractivity contribution < 1.29 is 9.53 Å². The first-order chi connectivity index (χ1) is 11.2. The first-order valence-corrected chi connectivity index (χ1v) is 7.82. The molecule has 0 radical (unpaired) electrons. The Balaban J connectivity index is 1.79. The van der Waals surface area contributed by atoms with Gasteiger partial charge in [0.25, 0.3) is 5.91 Å². The van der Waals surface area contributed by atoms with Gasteiger partial charge < -0.3 is 15.4 Å². The standard InChI is InChI=1S/C16H21ClN4O2/c1-23-9-8-18-6-7-19-16(22)14-10-20-21(12-14)11-13-4-2-3-5-15(13)17/h2-5,10,12,18H,6-9,11H2,1H3,(H,19,22). The van der Waals surface area contributed by atoms with Gasteiger partial charge in [-0.1, -0.05) is 29.8 Å². The second-order valence-corrected chi connectivity index (χ2v) is 5.42. The molecule has 0 aliphatic carbocycles. The number of ether oxygens (including phenoxy) is 1. The van der Waals surface area contributed by atoms with Crippen LogP contribution in [-0.4, -0.2) is 49.0 Å². The summed E-state index contributed by atoms with van der Waals surface area (Å²) in [5.41, 5.74) is 1.50. The van der Waals surface area contributed by atoms with Crippen molar-refractivity contribution in [2.75, 3.05) is 33.4 Å². The molecule has 2 aromatic rings. The number of rotatable bonds is 9. The molecule has 0 atom stereocenters. The zero-order valence-electron chi connectivity index (χ0n) is 13.1. The first kappa shape index (κ1) is 17.5. The van der Waals surface area contributed by atoms with Gasteiger partial charge in [0.15, 0.2) is 0 Å². The smallest absolute Gasteiger partial charge is 0.254 e. The molecule has 1 aromatic heterocycles. The maximum absolute atomic E-state index is 12.0. The van der Waals surface area contributed by atoms with E-state index in [4.69, 9.17) is 16.3 Å². The topological polar surface area (TPSA) is 68.2 Å².